The number of ether oxygens (including phenoxy) is 3. The van der Waals surface area contributed by atoms with E-state index >= 15 is 0 Å². The van der Waals surface area contributed by atoms with E-state index in [2.05, 4.69) is 11.4 Å². The van der Waals surface area contributed by atoms with Crippen molar-refractivity contribution in [2.45, 2.75) is 19.7 Å². The molecule has 3 aromatic carbocycles. The molecule has 1 aliphatic heterocycles. The Bertz CT molecular complexity index is 981. The van der Waals surface area contributed by atoms with Gasteiger partial charge in [-0.15, -0.1) is 12.4 Å². The van der Waals surface area contributed by atoms with Gasteiger partial charge in [-0.05, 0) is 47.5 Å². The highest BCUT2D eigenvalue weighted by molar-refractivity contribution is 6.35. The summed E-state index contributed by atoms with van der Waals surface area (Å²) in [7, 11) is 0. The molecule has 1 aliphatic rings. The Morgan fingerprint density at radius 1 is 0.862 bits per heavy atom. The van der Waals surface area contributed by atoms with Crippen LogP contribution in [0.15, 0.2) is 60.7 Å². The SMILES string of the molecule is Cl.Clc1ccc(COc2cccc(CNCc3ccc4c(c3)OCO4)c2)c(Cl)c1. The van der Waals surface area contributed by atoms with E-state index in [9.17, 15) is 0 Å². The van der Waals surface area contributed by atoms with Crippen LogP contribution in [0.25, 0.3) is 0 Å². The van der Waals surface area contributed by atoms with Crippen molar-refractivity contribution in [1.82, 2.24) is 5.32 Å². The number of hydrogen-bond donors (Lipinski definition) is 1. The smallest absolute Gasteiger partial charge is 0.231 e. The van der Waals surface area contributed by atoms with E-state index in [0.29, 0.717) is 23.4 Å². The zero-order chi connectivity index (χ0) is 19.3. The third kappa shape index (κ3) is 5.71. The largest absolute Gasteiger partial charge is 0.489 e. The van der Waals surface area contributed by atoms with Gasteiger partial charge in [0.05, 0.1) is 0 Å². The molecule has 0 unspecified atom stereocenters. The van der Waals surface area contributed by atoms with E-state index in [1.807, 2.05) is 48.5 Å². The highest BCUT2D eigenvalue weighted by atomic mass is 35.5. The van der Waals surface area contributed by atoms with Crippen molar-refractivity contribution >= 4 is 35.6 Å². The molecule has 152 valence electrons. The Morgan fingerprint density at radius 3 is 2.48 bits per heavy atom. The minimum Gasteiger partial charge on any atom is -0.489 e. The average molecular weight is 453 g/mol. The Kier molecular flexibility index (Phi) is 7.51. The lowest BCUT2D eigenvalue weighted by Crippen LogP contribution is -2.12. The van der Waals surface area contributed by atoms with Crippen molar-refractivity contribution in [3.8, 4) is 17.2 Å². The predicted octanol–water partition coefficient (Wildman–Crippen LogP) is 6.01. The van der Waals surface area contributed by atoms with E-state index in [-0.39, 0.29) is 12.4 Å². The minimum absolute atomic E-state index is 0. The van der Waals surface area contributed by atoms with Gasteiger partial charge < -0.3 is 19.5 Å². The van der Waals surface area contributed by atoms with Crippen molar-refractivity contribution < 1.29 is 14.2 Å². The second kappa shape index (κ2) is 10.1. The summed E-state index contributed by atoms with van der Waals surface area (Å²) >= 11 is 12.1. The first kappa shape index (κ1) is 21.6. The van der Waals surface area contributed by atoms with Crippen LogP contribution in [0.2, 0.25) is 10.0 Å². The number of halogens is 3. The monoisotopic (exact) mass is 451 g/mol. The fraction of sp³-hybridized carbons (Fsp3) is 0.182. The number of rotatable bonds is 7. The Hall–Kier alpha value is -2.11. The molecule has 0 aliphatic carbocycles. The second-order valence-corrected chi connectivity index (χ2v) is 7.31. The molecule has 0 amide bonds. The zero-order valence-corrected chi connectivity index (χ0v) is 17.8. The average Bonchev–Trinajstić information content (AvgIpc) is 3.16. The maximum atomic E-state index is 6.20. The van der Waals surface area contributed by atoms with Crippen LogP contribution < -0.4 is 19.5 Å². The van der Waals surface area contributed by atoms with Crippen LogP contribution in [-0.4, -0.2) is 6.79 Å². The molecule has 0 radical (unpaired) electrons. The third-order valence-electron chi connectivity index (χ3n) is 4.40. The molecule has 0 fully saturated rings. The van der Waals surface area contributed by atoms with E-state index in [1.165, 1.54) is 0 Å². The summed E-state index contributed by atoms with van der Waals surface area (Å²) in [6.45, 7) is 2.15. The van der Waals surface area contributed by atoms with E-state index in [4.69, 9.17) is 37.4 Å². The summed E-state index contributed by atoms with van der Waals surface area (Å²) < 4.78 is 16.6. The minimum atomic E-state index is 0. The Labute approximate surface area is 186 Å². The topological polar surface area (TPSA) is 39.7 Å². The summed E-state index contributed by atoms with van der Waals surface area (Å²) in [5.74, 6) is 2.40. The fourth-order valence-electron chi connectivity index (χ4n) is 2.95. The third-order valence-corrected chi connectivity index (χ3v) is 4.99. The standard InChI is InChI=1S/C22H19Cl2NO3.ClH/c23-18-6-5-17(20(24)10-18)13-26-19-3-1-2-15(8-19)11-25-12-16-4-7-21-22(9-16)28-14-27-21;/h1-10,25H,11-14H2;1H. The van der Waals surface area contributed by atoms with Gasteiger partial charge in [-0.2, -0.15) is 0 Å². The molecule has 29 heavy (non-hydrogen) atoms. The normalized spacial score (nSPS) is 11.8. The molecule has 3 aromatic rings. The van der Waals surface area contributed by atoms with Crippen LogP contribution in [0.3, 0.4) is 0 Å². The summed E-state index contributed by atoms with van der Waals surface area (Å²) in [6, 6.07) is 19.4. The van der Waals surface area contributed by atoms with E-state index in [1.54, 1.807) is 6.07 Å². The first-order chi connectivity index (χ1) is 13.7. The van der Waals surface area contributed by atoms with Crippen LogP contribution in [0, 0.1) is 0 Å². The summed E-state index contributed by atoms with van der Waals surface area (Å²) in [5, 5.41) is 4.66. The van der Waals surface area contributed by atoms with Gasteiger partial charge in [0.15, 0.2) is 11.5 Å². The van der Waals surface area contributed by atoms with Gasteiger partial charge in [0.25, 0.3) is 0 Å². The van der Waals surface area contributed by atoms with E-state index < -0.39 is 0 Å². The lowest BCUT2D eigenvalue weighted by atomic mass is 10.2. The molecule has 7 heteroatoms. The van der Waals surface area contributed by atoms with E-state index in [0.717, 1.165) is 47.0 Å². The van der Waals surface area contributed by atoms with Gasteiger partial charge in [0.2, 0.25) is 6.79 Å². The first-order valence-electron chi connectivity index (χ1n) is 8.92. The number of fused-ring (bicyclic) bond motifs is 1. The molecule has 4 nitrogen and oxygen atoms in total. The second-order valence-electron chi connectivity index (χ2n) is 6.46. The van der Waals surface area contributed by atoms with Crippen molar-refractivity contribution in [2.75, 3.05) is 6.79 Å². The Balaban J connectivity index is 0.00000240. The maximum absolute atomic E-state index is 6.20. The highest BCUT2D eigenvalue weighted by Crippen LogP contribution is 2.32. The molecule has 1 heterocycles. The molecule has 0 saturated heterocycles. The van der Waals surface area contributed by atoms with Crippen LogP contribution in [-0.2, 0) is 19.7 Å². The highest BCUT2D eigenvalue weighted by Gasteiger charge is 2.12. The van der Waals surface area contributed by atoms with Gasteiger partial charge >= 0.3 is 0 Å². The van der Waals surface area contributed by atoms with Gasteiger partial charge in [0.1, 0.15) is 12.4 Å². The van der Waals surface area contributed by atoms with Crippen LogP contribution in [0.1, 0.15) is 16.7 Å². The first-order valence-corrected chi connectivity index (χ1v) is 9.68. The van der Waals surface area contributed by atoms with Gasteiger partial charge in [-0.3, -0.25) is 0 Å². The molecule has 0 spiro atoms. The lowest BCUT2D eigenvalue weighted by molar-refractivity contribution is 0.174. The Morgan fingerprint density at radius 2 is 1.66 bits per heavy atom. The van der Waals surface area contributed by atoms with Crippen molar-refractivity contribution in [3.05, 3.63) is 87.4 Å². The molecule has 1 N–H and O–H groups in total. The number of nitrogens with one attached hydrogen (secondary N) is 1. The van der Waals surface area contributed by atoms with Gasteiger partial charge in [-0.1, -0.05) is 47.5 Å². The summed E-state index contributed by atoms with van der Waals surface area (Å²) in [6.07, 6.45) is 0. The van der Waals surface area contributed by atoms with Crippen molar-refractivity contribution in [1.29, 1.82) is 0 Å². The lowest BCUT2D eigenvalue weighted by Gasteiger charge is -2.10. The van der Waals surface area contributed by atoms with Crippen molar-refractivity contribution in [3.63, 3.8) is 0 Å². The molecule has 0 atom stereocenters. The maximum Gasteiger partial charge on any atom is 0.231 e. The molecule has 4 rings (SSSR count). The van der Waals surface area contributed by atoms with Crippen LogP contribution >= 0.6 is 35.6 Å². The fourth-order valence-corrected chi connectivity index (χ4v) is 3.41. The number of benzene rings is 3. The molecule has 0 aromatic heterocycles. The van der Waals surface area contributed by atoms with Gasteiger partial charge in [0, 0.05) is 28.7 Å². The van der Waals surface area contributed by atoms with Gasteiger partial charge in [-0.25, -0.2) is 0 Å². The van der Waals surface area contributed by atoms with Crippen LogP contribution in [0.5, 0.6) is 17.2 Å². The number of hydrogen-bond acceptors (Lipinski definition) is 4. The summed E-state index contributed by atoms with van der Waals surface area (Å²) in [5.41, 5.74) is 3.19. The predicted molar refractivity (Wildman–Crippen MR) is 118 cm³/mol. The van der Waals surface area contributed by atoms with Crippen LogP contribution in [0.4, 0.5) is 0 Å². The zero-order valence-electron chi connectivity index (χ0n) is 15.5. The molecular formula is C22H20Cl3NO3. The molecule has 0 saturated carbocycles. The quantitative estimate of drug-likeness (QED) is 0.476. The molecular weight excluding hydrogens is 433 g/mol. The van der Waals surface area contributed by atoms with Crippen molar-refractivity contribution in [2.24, 2.45) is 0 Å². The molecule has 0 bridgehead atoms. The summed E-state index contributed by atoms with van der Waals surface area (Å²) in [4.78, 5) is 0.